The minimum atomic E-state index is 0.843. The lowest BCUT2D eigenvalue weighted by molar-refractivity contribution is -0.489. The Morgan fingerprint density at radius 1 is 1.46 bits per heavy atom. The molecular weight excluding hydrogens is 160 g/mol. The predicted octanol–water partition coefficient (Wildman–Crippen LogP) is 1.35. The molecule has 0 radical (unpaired) electrons. The molecule has 0 aromatic rings. The Hall–Kier alpha value is -0.370. The molecule has 0 amide bonds. The molecule has 0 spiro atoms. The summed E-state index contributed by atoms with van der Waals surface area (Å²) in [6, 6.07) is 0.843. The summed E-state index contributed by atoms with van der Waals surface area (Å²) in [5, 5.41) is 0. The van der Waals surface area contributed by atoms with Crippen LogP contribution in [0.25, 0.3) is 0 Å². The van der Waals surface area contributed by atoms with Crippen molar-refractivity contribution in [2.24, 2.45) is 0 Å². The fourth-order valence-corrected chi connectivity index (χ4v) is 2.64. The molecular formula is C11H21N2+. The maximum absolute atomic E-state index is 2.53. The molecule has 0 bridgehead atoms. The third kappa shape index (κ3) is 1.93. The van der Waals surface area contributed by atoms with Gasteiger partial charge in [0.05, 0.1) is 0 Å². The minimum Gasteiger partial charge on any atom is -0.303 e. The van der Waals surface area contributed by atoms with E-state index >= 15 is 0 Å². The summed E-state index contributed by atoms with van der Waals surface area (Å²) in [7, 11) is 4.52. The van der Waals surface area contributed by atoms with Crippen molar-refractivity contribution >= 4 is 5.71 Å². The van der Waals surface area contributed by atoms with Gasteiger partial charge in [0.2, 0.25) is 0 Å². The molecule has 0 aromatic carbocycles. The van der Waals surface area contributed by atoms with E-state index in [2.05, 4.69) is 23.6 Å². The Morgan fingerprint density at radius 2 is 2.31 bits per heavy atom. The van der Waals surface area contributed by atoms with Crippen LogP contribution in [0.5, 0.6) is 0 Å². The largest absolute Gasteiger partial charge is 0.303 e. The molecule has 0 aromatic heterocycles. The summed E-state index contributed by atoms with van der Waals surface area (Å²) in [4.78, 5) is 2.53. The van der Waals surface area contributed by atoms with E-state index in [1.807, 2.05) is 0 Å². The fraction of sp³-hybridized carbons (Fsp3) is 0.909. The van der Waals surface area contributed by atoms with Crippen molar-refractivity contribution in [3.63, 3.8) is 0 Å². The standard InChI is InChI=1S/C11H21N2/c1-12-7-3-5-10(12)9-11-6-4-8-13(11)2/h10H,3-9H2,1-2H3/q+1. The first-order valence-corrected chi connectivity index (χ1v) is 5.53. The summed E-state index contributed by atoms with van der Waals surface area (Å²) in [6.45, 7) is 2.59. The Labute approximate surface area is 81.2 Å². The summed E-state index contributed by atoms with van der Waals surface area (Å²) in [5.41, 5.74) is 1.69. The molecule has 13 heavy (non-hydrogen) atoms. The topological polar surface area (TPSA) is 6.25 Å². The fourth-order valence-electron chi connectivity index (χ4n) is 2.64. The van der Waals surface area contributed by atoms with Crippen LogP contribution < -0.4 is 0 Å². The highest BCUT2D eigenvalue weighted by molar-refractivity contribution is 5.81. The van der Waals surface area contributed by atoms with Crippen molar-refractivity contribution in [1.29, 1.82) is 0 Å². The van der Waals surface area contributed by atoms with E-state index in [-0.39, 0.29) is 0 Å². The van der Waals surface area contributed by atoms with E-state index in [0.29, 0.717) is 0 Å². The summed E-state index contributed by atoms with van der Waals surface area (Å²) < 4.78 is 2.46. The molecule has 1 atom stereocenters. The van der Waals surface area contributed by atoms with E-state index in [1.54, 1.807) is 5.71 Å². The monoisotopic (exact) mass is 181 g/mol. The molecule has 1 saturated heterocycles. The van der Waals surface area contributed by atoms with Crippen molar-refractivity contribution < 1.29 is 4.58 Å². The molecule has 2 heteroatoms. The lowest BCUT2D eigenvalue weighted by Gasteiger charge is -2.17. The molecule has 1 fully saturated rings. The summed E-state index contributed by atoms with van der Waals surface area (Å²) in [5.74, 6) is 0. The van der Waals surface area contributed by atoms with Crippen molar-refractivity contribution in [2.75, 3.05) is 27.2 Å². The second-order valence-corrected chi connectivity index (χ2v) is 4.57. The van der Waals surface area contributed by atoms with Gasteiger partial charge in [-0.25, -0.2) is 4.58 Å². The highest BCUT2D eigenvalue weighted by atomic mass is 15.1. The highest BCUT2D eigenvalue weighted by Crippen LogP contribution is 2.20. The van der Waals surface area contributed by atoms with Gasteiger partial charge in [-0.1, -0.05) is 0 Å². The van der Waals surface area contributed by atoms with Gasteiger partial charge in [0.15, 0.2) is 5.71 Å². The average molecular weight is 181 g/mol. The summed E-state index contributed by atoms with van der Waals surface area (Å²) >= 11 is 0. The number of hydrogen-bond acceptors (Lipinski definition) is 1. The van der Waals surface area contributed by atoms with Crippen molar-refractivity contribution in [3.8, 4) is 0 Å². The zero-order valence-corrected chi connectivity index (χ0v) is 8.92. The molecule has 2 rings (SSSR count). The first-order chi connectivity index (χ1) is 6.27. The first-order valence-electron chi connectivity index (χ1n) is 5.53. The van der Waals surface area contributed by atoms with E-state index < -0.39 is 0 Å². The Kier molecular flexibility index (Phi) is 2.68. The summed E-state index contributed by atoms with van der Waals surface area (Å²) in [6.07, 6.45) is 6.86. The molecule has 0 N–H and O–H groups in total. The van der Waals surface area contributed by atoms with Crippen molar-refractivity contribution in [3.05, 3.63) is 0 Å². The lowest BCUT2D eigenvalue weighted by atomic mass is 10.1. The van der Waals surface area contributed by atoms with E-state index in [4.69, 9.17) is 0 Å². The van der Waals surface area contributed by atoms with Gasteiger partial charge >= 0.3 is 0 Å². The van der Waals surface area contributed by atoms with Crippen molar-refractivity contribution in [2.45, 2.75) is 38.1 Å². The van der Waals surface area contributed by atoms with Crippen LogP contribution in [0.3, 0.4) is 0 Å². The Balaban J connectivity index is 1.93. The van der Waals surface area contributed by atoms with Crippen LogP contribution >= 0.6 is 0 Å². The zero-order valence-electron chi connectivity index (χ0n) is 8.92. The quantitative estimate of drug-likeness (QED) is 0.583. The number of rotatable bonds is 2. The SMILES string of the molecule is CN1CCCC1CC1=[N+](C)CCC1. The third-order valence-corrected chi connectivity index (χ3v) is 3.64. The Bertz CT molecular complexity index is 220. The first kappa shape index (κ1) is 9.20. The molecule has 1 unspecified atom stereocenters. The van der Waals surface area contributed by atoms with Gasteiger partial charge in [0.1, 0.15) is 13.6 Å². The molecule has 2 aliphatic heterocycles. The van der Waals surface area contributed by atoms with Crippen LogP contribution in [0.1, 0.15) is 32.1 Å². The molecule has 0 saturated carbocycles. The number of hydrogen-bond donors (Lipinski definition) is 0. The van der Waals surface area contributed by atoms with Gasteiger partial charge in [-0.05, 0) is 26.4 Å². The van der Waals surface area contributed by atoms with Gasteiger partial charge in [0, 0.05) is 25.3 Å². The maximum atomic E-state index is 2.53. The van der Waals surface area contributed by atoms with Crippen molar-refractivity contribution in [1.82, 2.24) is 4.90 Å². The van der Waals surface area contributed by atoms with E-state index in [1.165, 1.54) is 45.2 Å². The minimum absolute atomic E-state index is 0.843. The molecule has 74 valence electrons. The van der Waals surface area contributed by atoms with Gasteiger partial charge in [-0.2, -0.15) is 0 Å². The van der Waals surface area contributed by atoms with Crippen LogP contribution in [0.2, 0.25) is 0 Å². The van der Waals surface area contributed by atoms with E-state index in [9.17, 15) is 0 Å². The smallest absolute Gasteiger partial charge is 0.153 e. The molecule has 2 aliphatic rings. The molecule has 2 nitrogen and oxygen atoms in total. The number of likely N-dealkylation sites (tertiary alicyclic amines) is 1. The van der Waals surface area contributed by atoms with Crippen LogP contribution in [0.4, 0.5) is 0 Å². The maximum Gasteiger partial charge on any atom is 0.153 e. The molecule has 0 aliphatic carbocycles. The average Bonchev–Trinajstić information content (AvgIpc) is 2.65. The van der Waals surface area contributed by atoms with Gasteiger partial charge in [0.25, 0.3) is 0 Å². The third-order valence-electron chi connectivity index (χ3n) is 3.64. The van der Waals surface area contributed by atoms with E-state index in [0.717, 1.165) is 6.04 Å². The van der Waals surface area contributed by atoms with Crippen LogP contribution in [-0.2, 0) is 0 Å². The lowest BCUT2D eigenvalue weighted by Crippen LogP contribution is -2.28. The van der Waals surface area contributed by atoms with Crippen LogP contribution in [0, 0.1) is 0 Å². The second-order valence-electron chi connectivity index (χ2n) is 4.57. The highest BCUT2D eigenvalue weighted by Gasteiger charge is 2.27. The second kappa shape index (κ2) is 3.79. The Morgan fingerprint density at radius 3 is 2.85 bits per heavy atom. The van der Waals surface area contributed by atoms with Gasteiger partial charge in [-0.15, -0.1) is 0 Å². The predicted molar refractivity (Wildman–Crippen MR) is 55.6 cm³/mol. The van der Waals surface area contributed by atoms with Gasteiger partial charge in [-0.3, -0.25) is 0 Å². The zero-order chi connectivity index (χ0) is 9.26. The molecule has 2 heterocycles. The normalized spacial score (nSPS) is 30.5. The van der Waals surface area contributed by atoms with Gasteiger partial charge < -0.3 is 4.90 Å². The number of nitrogens with zero attached hydrogens (tertiary/aromatic N) is 2. The van der Waals surface area contributed by atoms with Crippen LogP contribution in [0.15, 0.2) is 0 Å². The van der Waals surface area contributed by atoms with Crippen LogP contribution in [-0.4, -0.2) is 48.4 Å².